The van der Waals surface area contributed by atoms with Gasteiger partial charge < -0.3 is 15.4 Å². The maximum atomic E-state index is 12.4. The first-order valence-electron chi connectivity index (χ1n) is 9.27. The maximum Gasteiger partial charge on any atom is 0.251 e. The van der Waals surface area contributed by atoms with Gasteiger partial charge in [0.1, 0.15) is 0 Å². The lowest BCUT2D eigenvalue weighted by Crippen LogP contribution is -2.30. The van der Waals surface area contributed by atoms with E-state index >= 15 is 0 Å². The Morgan fingerprint density at radius 2 is 2.07 bits per heavy atom. The average Bonchev–Trinajstić information content (AvgIpc) is 3.18. The topological polar surface area (TPSA) is 50.4 Å². The second-order valence-electron chi connectivity index (χ2n) is 7.08. The summed E-state index contributed by atoms with van der Waals surface area (Å²) in [5.41, 5.74) is 4.32. The lowest BCUT2D eigenvalue weighted by Gasteiger charge is -2.37. The van der Waals surface area contributed by atoms with Crippen molar-refractivity contribution in [2.75, 3.05) is 25.6 Å². The monoisotopic (exact) mass is 426 g/mol. The van der Waals surface area contributed by atoms with Gasteiger partial charge in [0.05, 0.1) is 12.6 Å². The molecule has 2 aromatic carbocycles. The summed E-state index contributed by atoms with van der Waals surface area (Å²) >= 11 is 3.52. The van der Waals surface area contributed by atoms with Crippen LogP contribution in [-0.4, -0.2) is 26.2 Å². The van der Waals surface area contributed by atoms with E-state index in [9.17, 15) is 4.79 Å². The molecule has 0 bridgehead atoms. The smallest absolute Gasteiger partial charge is 0.251 e. The molecule has 0 spiro atoms. The molecule has 0 saturated carbocycles. The number of benzene rings is 2. The number of nitrogens with one attached hydrogen (secondary N) is 2. The zero-order valence-corrected chi connectivity index (χ0v) is 16.8. The van der Waals surface area contributed by atoms with Gasteiger partial charge in [0.15, 0.2) is 0 Å². The fourth-order valence-electron chi connectivity index (χ4n) is 4.10. The normalized spacial score (nSPS) is 22.7. The molecular weight excluding hydrogens is 404 g/mol. The van der Waals surface area contributed by atoms with Crippen molar-refractivity contribution in [1.29, 1.82) is 0 Å². The first-order valence-corrected chi connectivity index (χ1v) is 10.1. The summed E-state index contributed by atoms with van der Waals surface area (Å²) in [7, 11) is 1.63. The number of carbonyl (C=O) groups excluding carboxylic acids is 1. The minimum Gasteiger partial charge on any atom is -0.383 e. The number of hydrogen-bond acceptors (Lipinski definition) is 3. The van der Waals surface area contributed by atoms with Gasteiger partial charge in [-0.1, -0.05) is 40.2 Å². The Morgan fingerprint density at radius 1 is 1.26 bits per heavy atom. The number of rotatable bonds is 5. The zero-order chi connectivity index (χ0) is 18.8. The number of amides is 1. The van der Waals surface area contributed by atoms with Crippen LogP contribution in [0.4, 0.5) is 5.69 Å². The van der Waals surface area contributed by atoms with E-state index in [1.807, 2.05) is 18.2 Å². The fraction of sp³-hybridized carbons (Fsp3) is 0.318. The van der Waals surface area contributed by atoms with Crippen LogP contribution >= 0.6 is 15.9 Å². The van der Waals surface area contributed by atoms with Gasteiger partial charge in [-0.15, -0.1) is 0 Å². The Balaban J connectivity index is 1.61. The molecule has 2 aliphatic rings. The van der Waals surface area contributed by atoms with Crippen LogP contribution in [0.2, 0.25) is 0 Å². The Morgan fingerprint density at radius 3 is 2.85 bits per heavy atom. The van der Waals surface area contributed by atoms with Crippen molar-refractivity contribution in [2.24, 2.45) is 5.92 Å². The SMILES string of the molecule is COCCNC(=O)c1ccc2c(c1)[C@@H]1C=CC[C@H]1[C@@H](c1ccc(Br)cc1)N2. The molecule has 1 aliphatic heterocycles. The molecule has 0 aromatic heterocycles. The second-order valence-corrected chi connectivity index (χ2v) is 7.99. The van der Waals surface area contributed by atoms with Crippen LogP contribution in [-0.2, 0) is 4.74 Å². The van der Waals surface area contributed by atoms with Crippen molar-refractivity contribution >= 4 is 27.5 Å². The van der Waals surface area contributed by atoms with Crippen LogP contribution in [0.15, 0.2) is 59.1 Å². The molecule has 4 nitrogen and oxygen atoms in total. The van der Waals surface area contributed by atoms with Crippen LogP contribution in [0.1, 0.15) is 39.9 Å². The molecule has 0 unspecified atom stereocenters. The summed E-state index contributed by atoms with van der Waals surface area (Å²) in [5, 5.41) is 6.62. The summed E-state index contributed by atoms with van der Waals surface area (Å²) in [5.74, 6) is 0.746. The van der Waals surface area contributed by atoms with E-state index in [4.69, 9.17) is 4.74 Å². The first-order chi connectivity index (χ1) is 13.2. The molecule has 0 fully saturated rings. The third-order valence-corrected chi connectivity index (χ3v) is 5.97. The van der Waals surface area contributed by atoms with Crippen LogP contribution in [0.25, 0.3) is 0 Å². The summed E-state index contributed by atoms with van der Waals surface area (Å²) in [6.45, 7) is 1.03. The van der Waals surface area contributed by atoms with Crippen molar-refractivity contribution in [2.45, 2.75) is 18.4 Å². The molecule has 140 valence electrons. The highest BCUT2D eigenvalue weighted by Gasteiger charge is 2.38. The Bertz CT molecular complexity index is 863. The Labute approximate surface area is 168 Å². The Hall–Kier alpha value is -2.11. The van der Waals surface area contributed by atoms with Gasteiger partial charge in [-0.2, -0.15) is 0 Å². The molecule has 1 amide bonds. The minimum absolute atomic E-state index is 0.0524. The van der Waals surface area contributed by atoms with Crippen LogP contribution in [0, 0.1) is 5.92 Å². The number of carbonyl (C=O) groups is 1. The fourth-order valence-corrected chi connectivity index (χ4v) is 4.37. The summed E-state index contributed by atoms with van der Waals surface area (Å²) in [4.78, 5) is 12.4. The van der Waals surface area contributed by atoms with E-state index in [1.165, 1.54) is 11.1 Å². The second kappa shape index (κ2) is 7.87. The molecule has 5 heteroatoms. The van der Waals surface area contributed by atoms with Crippen molar-refractivity contribution in [3.63, 3.8) is 0 Å². The van der Waals surface area contributed by atoms with Crippen LogP contribution in [0.5, 0.6) is 0 Å². The number of fused-ring (bicyclic) bond motifs is 3. The van der Waals surface area contributed by atoms with Crippen LogP contribution < -0.4 is 10.6 Å². The Kier molecular flexibility index (Phi) is 5.32. The maximum absolute atomic E-state index is 12.4. The van der Waals surface area contributed by atoms with Gasteiger partial charge in [-0.05, 0) is 53.8 Å². The molecule has 2 N–H and O–H groups in total. The third-order valence-electron chi connectivity index (χ3n) is 5.45. The quantitative estimate of drug-likeness (QED) is 0.540. The van der Waals surface area contributed by atoms with E-state index in [0.29, 0.717) is 30.6 Å². The molecule has 3 atom stereocenters. The number of methoxy groups -OCH3 is 1. The van der Waals surface area contributed by atoms with E-state index in [-0.39, 0.29) is 11.9 Å². The van der Waals surface area contributed by atoms with E-state index in [1.54, 1.807) is 7.11 Å². The number of halogens is 1. The van der Waals surface area contributed by atoms with Crippen molar-refractivity contribution in [1.82, 2.24) is 5.32 Å². The lowest BCUT2D eigenvalue weighted by atomic mass is 9.76. The van der Waals surface area contributed by atoms with E-state index in [0.717, 1.165) is 16.6 Å². The van der Waals surface area contributed by atoms with Gasteiger partial charge >= 0.3 is 0 Å². The summed E-state index contributed by atoms with van der Waals surface area (Å²) in [6, 6.07) is 14.8. The van der Waals surface area contributed by atoms with E-state index < -0.39 is 0 Å². The molecule has 0 radical (unpaired) electrons. The summed E-state index contributed by atoms with van der Waals surface area (Å²) in [6.07, 6.45) is 5.61. The predicted molar refractivity (Wildman–Crippen MR) is 111 cm³/mol. The van der Waals surface area contributed by atoms with Gasteiger partial charge in [-0.25, -0.2) is 0 Å². The highest BCUT2D eigenvalue weighted by atomic mass is 79.9. The molecule has 1 aliphatic carbocycles. The number of anilines is 1. The molecule has 2 aromatic rings. The predicted octanol–water partition coefficient (Wildman–Crippen LogP) is 4.65. The first kappa shape index (κ1) is 18.3. The minimum atomic E-state index is -0.0524. The van der Waals surface area contributed by atoms with Gasteiger partial charge in [0, 0.05) is 35.3 Å². The highest BCUT2D eigenvalue weighted by molar-refractivity contribution is 9.10. The zero-order valence-electron chi connectivity index (χ0n) is 15.2. The average molecular weight is 427 g/mol. The number of allylic oxidation sites excluding steroid dienone is 2. The summed E-state index contributed by atoms with van der Waals surface area (Å²) < 4.78 is 6.09. The number of ether oxygens (including phenoxy) is 1. The van der Waals surface area contributed by atoms with Gasteiger partial charge in [0.2, 0.25) is 0 Å². The third kappa shape index (κ3) is 3.66. The van der Waals surface area contributed by atoms with Gasteiger partial charge in [-0.3, -0.25) is 4.79 Å². The van der Waals surface area contributed by atoms with E-state index in [2.05, 4.69) is 63.0 Å². The van der Waals surface area contributed by atoms with Crippen LogP contribution in [0.3, 0.4) is 0 Å². The molecule has 0 saturated heterocycles. The number of hydrogen-bond donors (Lipinski definition) is 2. The standard InChI is InChI=1S/C22H23BrN2O2/c1-27-12-11-24-22(26)15-7-10-20-19(13-15)17-3-2-4-18(17)21(25-20)14-5-8-16(23)9-6-14/h2-3,5-10,13,17-18,21,25H,4,11-12H2,1H3,(H,24,26)/t17-,18-,21-/m1/s1. The van der Waals surface area contributed by atoms with Crippen molar-refractivity contribution in [3.8, 4) is 0 Å². The molecule has 27 heavy (non-hydrogen) atoms. The molecule has 1 heterocycles. The van der Waals surface area contributed by atoms with Crippen molar-refractivity contribution in [3.05, 3.63) is 75.8 Å². The van der Waals surface area contributed by atoms with Crippen molar-refractivity contribution < 1.29 is 9.53 Å². The molecular formula is C22H23BrN2O2. The highest BCUT2D eigenvalue weighted by Crippen LogP contribution is 2.49. The van der Waals surface area contributed by atoms with Gasteiger partial charge in [0.25, 0.3) is 5.91 Å². The largest absolute Gasteiger partial charge is 0.383 e. The lowest BCUT2D eigenvalue weighted by molar-refractivity contribution is 0.0937. The molecule has 4 rings (SSSR count).